The molecule has 4 unspecified atom stereocenters. The lowest BCUT2D eigenvalue weighted by Crippen LogP contribution is -2.35. The van der Waals surface area contributed by atoms with E-state index in [4.69, 9.17) is 0 Å². The first-order valence-electron chi connectivity index (χ1n) is 8.54. The number of fused-ring (bicyclic) bond motifs is 5. The van der Waals surface area contributed by atoms with Crippen LogP contribution in [0.25, 0.3) is 0 Å². The van der Waals surface area contributed by atoms with Gasteiger partial charge in [-0.15, -0.1) is 0 Å². The van der Waals surface area contributed by atoms with E-state index in [0.717, 1.165) is 37.0 Å². The van der Waals surface area contributed by atoms with E-state index in [2.05, 4.69) is 6.92 Å². The van der Waals surface area contributed by atoms with E-state index < -0.39 is 5.97 Å². The minimum atomic E-state index is -0.682. The molecule has 20 heavy (non-hydrogen) atoms. The van der Waals surface area contributed by atoms with Gasteiger partial charge in [-0.05, 0) is 75.0 Å². The number of hydrogen-bond acceptors (Lipinski definition) is 1. The van der Waals surface area contributed by atoms with Crippen LogP contribution in [0.1, 0.15) is 71.6 Å². The average Bonchev–Trinajstić information content (AvgIpc) is 3.10. The van der Waals surface area contributed by atoms with Gasteiger partial charge in [-0.25, -0.2) is 4.79 Å². The molecule has 0 aromatic carbocycles. The largest absolute Gasteiger partial charge is 0.478 e. The third-order valence-electron chi connectivity index (χ3n) is 6.65. The Balaban J connectivity index is 2.01. The average molecular weight is 276 g/mol. The third-order valence-corrected chi connectivity index (χ3v) is 6.65. The summed E-state index contributed by atoms with van der Waals surface area (Å²) < 4.78 is 0. The summed E-state index contributed by atoms with van der Waals surface area (Å²) in [4.78, 5) is 11.6. The van der Waals surface area contributed by atoms with Crippen molar-refractivity contribution >= 4 is 5.97 Å². The number of aliphatic carboxylic acids is 1. The molecule has 3 fully saturated rings. The van der Waals surface area contributed by atoms with Crippen LogP contribution in [0.3, 0.4) is 0 Å². The summed E-state index contributed by atoms with van der Waals surface area (Å²) in [5, 5.41) is 9.54. The van der Waals surface area contributed by atoms with Crippen LogP contribution in [-0.2, 0) is 4.79 Å². The van der Waals surface area contributed by atoms with Crippen LogP contribution in [0.5, 0.6) is 0 Å². The maximum Gasteiger partial charge on any atom is 0.331 e. The van der Waals surface area contributed by atoms with Crippen molar-refractivity contribution in [3.05, 3.63) is 11.1 Å². The monoisotopic (exact) mass is 276 g/mol. The zero-order valence-corrected chi connectivity index (χ0v) is 13.0. The van der Waals surface area contributed by atoms with Crippen LogP contribution >= 0.6 is 0 Å². The van der Waals surface area contributed by atoms with Crippen molar-refractivity contribution in [2.75, 3.05) is 0 Å². The number of carbonyl (C=O) groups is 1. The zero-order chi connectivity index (χ0) is 14.3. The van der Waals surface area contributed by atoms with Gasteiger partial charge in [-0.2, -0.15) is 0 Å². The molecule has 0 saturated heterocycles. The van der Waals surface area contributed by atoms with Crippen molar-refractivity contribution in [2.45, 2.75) is 71.6 Å². The molecule has 3 aliphatic carbocycles. The molecule has 0 aromatic rings. The van der Waals surface area contributed by atoms with Gasteiger partial charge in [-0.3, -0.25) is 0 Å². The topological polar surface area (TPSA) is 37.3 Å². The lowest BCUT2D eigenvalue weighted by Gasteiger charge is -2.43. The van der Waals surface area contributed by atoms with Crippen LogP contribution in [0.4, 0.5) is 0 Å². The second kappa shape index (κ2) is 5.20. The Hall–Kier alpha value is -0.790. The minimum Gasteiger partial charge on any atom is -0.478 e. The van der Waals surface area contributed by atoms with Crippen molar-refractivity contribution in [1.82, 2.24) is 0 Å². The maximum atomic E-state index is 11.6. The van der Waals surface area contributed by atoms with E-state index in [1.165, 1.54) is 44.1 Å². The fourth-order valence-corrected chi connectivity index (χ4v) is 5.94. The minimum absolute atomic E-state index is 0.292. The van der Waals surface area contributed by atoms with Gasteiger partial charge in [0.1, 0.15) is 0 Å². The van der Waals surface area contributed by atoms with Gasteiger partial charge in [-0.1, -0.05) is 25.3 Å². The molecule has 3 aliphatic rings. The summed E-state index contributed by atoms with van der Waals surface area (Å²) in [6, 6.07) is 0. The van der Waals surface area contributed by atoms with Crippen molar-refractivity contribution in [3.63, 3.8) is 0 Å². The Morgan fingerprint density at radius 3 is 2.80 bits per heavy atom. The first-order valence-corrected chi connectivity index (χ1v) is 8.54. The van der Waals surface area contributed by atoms with Crippen LogP contribution in [0, 0.1) is 23.2 Å². The van der Waals surface area contributed by atoms with Gasteiger partial charge >= 0.3 is 5.97 Å². The third kappa shape index (κ3) is 1.87. The van der Waals surface area contributed by atoms with Gasteiger partial charge < -0.3 is 5.11 Å². The molecule has 0 aromatic heterocycles. The molecule has 0 radical (unpaired) electrons. The van der Waals surface area contributed by atoms with E-state index in [-0.39, 0.29) is 0 Å². The molecule has 1 N–H and O–H groups in total. The first-order chi connectivity index (χ1) is 9.61. The second-order valence-electron chi connectivity index (χ2n) is 7.32. The molecule has 112 valence electrons. The van der Waals surface area contributed by atoms with Crippen molar-refractivity contribution in [3.8, 4) is 0 Å². The van der Waals surface area contributed by atoms with E-state index in [1.54, 1.807) is 0 Å². The van der Waals surface area contributed by atoms with Crippen molar-refractivity contribution in [2.24, 2.45) is 23.2 Å². The van der Waals surface area contributed by atoms with E-state index in [1.807, 2.05) is 6.92 Å². The number of unbranched alkanes of at least 4 members (excludes halogenated alkanes) is 1. The Morgan fingerprint density at radius 2 is 2.10 bits per heavy atom. The second-order valence-corrected chi connectivity index (χ2v) is 7.32. The summed E-state index contributed by atoms with van der Waals surface area (Å²) in [5.41, 5.74) is 2.32. The normalized spacial score (nSPS) is 39.8. The highest BCUT2D eigenvalue weighted by atomic mass is 16.4. The molecule has 4 atom stereocenters. The highest BCUT2D eigenvalue weighted by Crippen LogP contribution is 2.70. The Morgan fingerprint density at radius 1 is 1.30 bits per heavy atom. The molecule has 2 bridgehead atoms. The SMILES string of the molecule is CCCCC(=C(C)C(=O)O)C12CCCC1C1CCC2C1. The number of carboxylic acid groups (broad SMARTS) is 1. The predicted molar refractivity (Wildman–Crippen MR) is 80.5 cm³/mol. The van der Waals surface area contributed by atoms with Crippen LogP contribution < -0.4 is 0 Å². The summed E-state index contributed by atoms with van der Waals surface area (Å²) in [6.07, 6.45) is 11.4. The summed E-state index contributed by atoms with van der Waals surface area (Å²) in [7, 11) is 0. The maximum absolute atomic E-state index is 11.6. The molecule has 0 aliphatic heterocycles. The van der Waals surface area contributed by atoms with Crippen molar-refractivity contribution < 1.29 is 9.90 Å². The molecule has 0 spiro atoms. The lowest BCUT2D eigenvalue weighted by molar-refractivity contribution is -0.132. The molecular weight excluding hydrogens is 248 g/mol. The molecule has 3 saturated carbocycles. The number of carboxylic acids is 1. The van der Waals surface area contributed by atoms with Crippen LogP contribution in [0.15, 0.2) is 11.1 Å². The fraction of sp³-hybridized carbons (Fsp3) is 0.833. The fourth-order valence-electron chi connectivity index (χ4n) is 5.94. The van der Waals surface area contributed by atoms with E-state index in [9.17, 15) is 9.90 Å². The first kappa shape index (κ1) is 14.2. The molecule has 2 nitrogen and oxygen atoms in total. The zero-order valence-electron chi connectivity index (χ0n) is 13.0. The standard InChI is InChI=1S/C18H28O2/c1-3-4-6-15(12(2)17(19)20)18-10-5-7-16(18)13-8-9-14(18)11-13/h13-14,16H,3-11H2,1-2H3,(H,19,20). The van der Waals surface area contributed by atoms with Crippen molar-refractivity contribution in [1.29, 1.82) is 0 Å². The predicted octanol–water partition coefficient (Wildman–Crippen LogP) is 4.79. The lowest BCUT2D eigenvalue weighted by atomic mass is 9.61. The molecule has 2 heteroatoms. The Kier molecular flexibility index (Phi) is 3.68. The smallest absolute Gasteiger partial charge is 0.331 e. The number of hydrogen-bond donors (Lipinski definition) is 1. The van der Waals surface area contributed by atoms with Gasteiger partial charge in [0.2, 0.25) is 0 Å². The van der Waals surface area contributed by atoms with E-state index >= 15 is 0 Å². The highest BCUT2D eigenvalue weighted by molar-refractivity contribution is 5.87. The van der Waals surface area contributed by atoms with Gasteiger partial charge in [0.25, 0.3) is 0 Å². The number of rotatable bonds is 5. The molecule has 0 amide bonds. The Labute approximate surface area is 122 Å². The summed E-state index contributed by atoms with van der Waals surface area (Å²) in [5.74, 6) is 1.82. The summed E-state index contributed by atoms with van der Waals surface area (Å²) >= 11 is 0. The molecular formula is C18H28O2. The van der Waals surface area contributed by atoms with Crippen LogP contribution in [-0.4, -0.2) is 11.1 Å². The highest BCUT2D eigenvalue weighted by Gasteiger charge is 2.61. The van der Waals surface area contributed by atoms with Gasteiger partial charge in [0.15, 0.2) is 0 Å². The Bertz CT molecular complexity index is 437. The number of allylic oxidation sites excluding steroid dienone is 1. The summed E-state index contributed by atoms with van der Waals surface area (Å²) in [6.45, 7) is 4.07. The molecule has 3 rings (SSSR count). The molecule has 0 heterocycles. The van der Waals surface area contributed by atoms with Gasteiger partial charge in [0.05, 0.1) is 0 Å². The van der Waals surface area contributed by atoms with Crippen LogP contribution in [0.2, 0.25) is 0 Å². The quantitative estimate of drug-likeness (QED) is 0.733. The van der Waals surface area contributed by atoms with Gasteiger partial charge in [0, 0.05) is 5.57 Å². The van der Waals surface area contributed by atoms with E-state index in [0.29, 0.717) is 11.0 Å².